The van der Waals surface area contributed by atoms with Crippen molar-refractivity contribution < 1.29 is 14.3 Å². The number of nitrogens with one attached hydrogen (secondary N) is 2. The van der Waals surface area contributed by atoms with Gasteiger partial charge in [-0.25, -0.2) is 9.38 Å². The van der Waals surface area contributed by atoms with Gasteiger partial charge in [0.15, 0.2) is 5.96 Å². The van der Waals surface area contributed by atoms with Crippen molar-refractivity contribution in [2.45, 2.75) is 40.0 Å². The summed E-state index contributed by atoms with van der Waals surface area (Å²) in [4.78, 5) is 20.9. The summed E-state index contributed by atoms with van der Waals surface area (Å²) in [6, 6.07) is 4.85. The van der Waals surface area contributed by atoms with Crippen molar-refractivity contribution in [3.05, 3.63) is 35.1 Å². The van der Waals surface area contributed by atoms with Gasteiger partial charge in [-0.05, 0) is 38.5 Å². The lowest BCUT2D eigenvalue weighted by Gasteiger charge is -2.36. The number of carbonyl (C=O) groups excluding carboxylic acids is 1. The second kappa shape index (κ2) is 11.0. The van der Waals surface area contributed by atoms with Gasteiger partial charge in [0.05, 0.1) is 19.7 Å². The van der Waals surface area contributed by atoms with Gasteiger partial charge >= 0.3 is 0 Å². The summed E-state index contributed by atoms with van der Waals surface area (Å²) in [5.41, 5.74) is 1.14. The molecular weight excluding hydrogens is 361 g/mol. The van der Waals surface area contributed by atoms with E-state index in [2.05, 4.69) is 25.4 Å². The van der Waals surface area contributed by atoms with Crippen LogP contribution in [0.5, 0.6) is 0 Å². The first kappa shape index (κ1) is 22.1. The number of hydrogen-bond donors (Lipinski definition) is 3. The highest BCUT2D eigenvalue weighted by molar-refractivity contribution is 5.80. The highest BCUT2D eigenvalue weighted by Gasteiger charge is 2.21. The monoisotopic (exact) mass is 393 g/mol. The summed E-state index contributed by atoms with van der Waals surface area (Å²) >= 11 is 0. The molecule has 28 heavy (non-hydrogen) atoms. The molecule has 1 fully saturated rings. The molecule has 3 N–H and O–H groups in total. The number of halogens is 1. The molecular formula is C20H32FN5O2. The van der Waals surface area contributed by atoms with Crippen molar-refractivity contribution in [3.8, 4) is 0 Å². The van der Waals surface area contributed by atoms with Crippen molar-refractivity contribution in [2.24, 2.45) is 4.99 Å². The maximum atomic E-state index is 13.5. The van der Waals surface area contributed by atoms with Crippen molar-refractivity contribution in [1.82, 2.24) is 20.4 Å². The fourth-order valence-electron chi connectivity index (χ4n) is 3.13. The van der Waals surface area contributed by atoms with Crippen LogP contribution in [-0.4, -0.2) is 72.1 Å². The van der Waals surface area contributed by atoms with Crippen LogP contribution in [0.15, 0.2) is 23.2 Å². The lowest BCUT2D eigenvalue weighted by molar-refractivity contribution is -0.123. The van der Waals surface area contributed by atoms with E-state index >= 15 is 0 Å². The number of aliphatic hydroxyl groups is 1. The molecule has 1 aliphatic heterocycles. The van der Waals surface area contributed by atoms with Crippen LogP contribution in [-0.2, 0) is 17.9 Å². The Kier molecular flexibility index (Phi) is 8.66. The molecule has 2 rings (SSSR count). The maximum absolute atomic E-state index is 13.5. The van der Waals surface area contributed by atoms with Gasteiger partial charge in [0.25, 0.3) is 0 Å². The minimum Gasteiger partial charge on any atom is -0.392 e. The van der Waals surface area contributed by atoms with Crippen molar-refractivity contribution in [3.63, 3.8) is 0 Å². The van der Waals surface area contributed by atoms with Gasteiger partial charge in [0, 0.05) is 44.3 Å². The van der Waals surface area contributed by atoms with E-state index in [9.17, 15) is 14.3 Å². The normalized spacial score (nSPS) is 15.8. The van der Waals surface area contributed by atoms with Crippen LogP contribution in [0.25, 0.3) is 0 Å². The topological polar surface area (TPSA) is 80.2 Å². The summed E-state index contributed by atoms with van der Waals surface area (Å²) in [5, 5.41) is 15.4. The molecule has 1 aliphatic rings. The van der Waals surface area contributed by atoms with Crippen LogP contribution in [0, 0.1) is 5.82 Å². The number of carbonyl (C=O) groups is 1. The Hall–Kier alpha value is -2.19. The summed E-state index contributed by atoms with van der Waals surface area (Å²) in [6.07, 6.45) is 0. The minimum absolute atomic E-state index is 0.0556. The summed E-state index contributed by atoms with van der Waals surface area (Å²) in [7, 11) is 0. The molecule has 0 saturated carbocycles. The third-order valence-electron chi connectivity index (χ3n) is 4.52. The highest BCUT2D eigenvalue weighted by Crippen LogP contribution is 2.12. The average Bonchev–Trinajstić information content (AvgIpc) is 2.66. The van der Waals surface area contributed by atoms with Gasteiger partial charge in [0.1, 0.15) is 5.82 Å². The van der Waals surface area contributed by atoms with E-state index in [-0.39, 0.29) is 24.1 Å². The number of guanidine groups is 1. The summed E-state index contributed by atoms with van der Waals surface area (Å²) in [6.45, 7) is 10.3. The van der Waals surface area contributed by atoms with Crippen LogP contribution >= 0.6 is 0 Å². The van der Waals surface area contributed by atoms with Gasteiger partial charge in [-0.1, -0.05) is 6.07 Å². The van der Waals surface area contributed by atoms with Gasteiger partial charge in [-0.15, -0.1) is 0 Å². The zero-order valence-corrected chi connectivity index (χ0v) is 17.0. The Morgan fingerprint density at radius 1 is 1.29 bits per heavy atom. The largest absolute Gasteiger partial charge is 0.392 e. The first-order chi connectivity index (χ1) is 13.4. The first-order valence-electron chi connectivity index (χ1n) is 9.86. The molecule has 0 unspecified atom stereocenters. The molecule has 156 valence electrons. The van der Waals surface area contributed by atoms with Crippen LogP contribution in [0.3, 0.4) is 0 Å². The molecule has 1 aromatic carbocycles. The molecule has 0 radical (unpaired) electrons. The molecule has 7 nitrogen and oxygen atoms in total. The molecule has 0 aliphatic carbocycles. The van der Waals surface area contributed by atoms with Gasteiger partial charge in [-0.2, -0.15) is 0 Å². The lowest BCUT2D eigenvalue weighted by Crippen LogP contribution is -2.54. The Balaban J connectivity index is 1.93. The Labute approximate surface area is 166 Å². The number of benzene rings is 1. The predicted octanol–water partition coefficient (Wildman–Crippen LogP) is 0.926. The zero-order chi connectivity index (χ0) is 20.5. The average molecular weight is 394 g/mol. The van der Waals surface area contributed by atoms with E-state index in [0.29, 0.717) is 13.1 Å². The van der Waals surface area contributed by atoms with E-state index in [1.165, 1.54) is 6.07 Å². The first-order valence-corrected chi connectivity index (χ1v) is 9.86. The number of hydrogen-bond acceptors (Lipinski definition) is 4. The van der Waals surface area contributed by atoms with Crippen LogP contribution < -0.4 is 10.6 Å². The van der Waals surface area contributed by atoms with Crippen LogP contribution in [0.2, 0.25) is 0 Å². The Bertz CT molecular complexity index is 673. The number of nitrogens with zero attached hydrogens (tertiary/aromatic N) is 3. The third kappa shape index (κ3) is 6.76. The van der Waals surface area contributed by atoms with Gasteiger partial charge < -0.3 is 20.6 Å². The van der Waals surface area contributed by atoms with Crippen molar-refractivity contribution in [2.75, 3.05) is 39.3 Å². The number of rotatable bonds is 7. The number of piperazine rings is 1. The van der Waals surface area contributed by atoms with E-state index in [1.54, 1.807) is 12.1 Å². The highest BCUT2D eigenvalue weighted by atomic mass is 19.1. The molecule has 8 heteroatoms. The smallest absolute Gasteiger partial charge is 0.234 e. The second-order valence-electron chi connectivity index (χ2n) is 7.24. The van der Waals surface area contributed by atoms with E-state index in [1.807, 2.05) is 20.8 Å². The summed E-state index contributed by atoms with van der Waals surface area (Å²) in [5.74, 6) is 0.462. The quantitative estimate of drug-likeness (QED) is 0.474. The number of aliphatic imine (C=N–C) groups is 1. The minimum atomic E-state index is -0.403. The lowest BCUT2D eigenvalue weighted by atomic mass is 10.1. The fourth-order valence-corrected chi connectivity index (χ4v) is 3.13. The van der Waals surface area contributed by atoms with E-state index < -0.39 is 5.82 Å². The van der Waals surface area contributed by atoms with E-state index in [0.717, 1.165) is 44.2 Å². The fraction of sp³-hybridized carbons (Fsp3) is 0.600. The van der Waals surface area contributed by atoms with Gasteiger partial charge in [-0.3, -0.25) is 9.69 Å². The molecule has 0 atom stereocenters. The number of aliphatic hydroxyl groups excluding tert-OH is 1. The zero-order valence-electron chi connectivity index (χ0n) is 17.0. The summed E-state index contributed by atoms with van der Waals surface area (Å²) < 4.78 is 13.5. The van der Waals surface area contributed by atoms with Crippen molar-refractivity contribution >= 4 is 11.9 Å². The Morgan fingerprint density at radius 2 is 2.00 bits per heavy atom. The van der Waals surface area contributed by atoms with Gasteiger partial charge in [0.2, 0.25) is 5.91 Å². The number of amides is 1. The SMILES string of the molecule is CCNC(=NCc1ccc(F)c(CO)c1)N1CCN(CC(=O)NC(C)C)CC1. The van der Waals surface area contributed by atoms with Crippen molar-refractivity contribution in [1.29, 1.82) is 0 Å². The van der Waals surface area contributed by atoms with E-state index in [4.69, 9.17) is 0 Å². The molecule has 0 spiro atoms. The molecule has 0 aromatic heterocycles. The second-order valence-corrected chi connectivity index (χ2v) is 7.24. The van der Waals surface area contributed by atoms with Crippen LogP contribution in [0.1, 0.15) is 31.9 Å². The Morgan fingerprint density at radius 3 is 2.61 bits per heavy atom. The molecule has 0 bridgehead atoms. The van der Waals surface area contributed by atoms with Crippen LogP contribution in [0.4, 0.5) is 4.39 Å². The predicted molar refractivity (Wildman–Crippen MR) is 108 cm³/mol. The molecule has 1 amide bonds. The maximum Gasteiger partial charge on any atom is 0.234 e. The molecule has 1 saturated heterocycles. The molecule has 1 aromatic rings. The molecule has 1 heterocycles. The third-order valence-corrected chi connectivity index (χ3v) is 4.52. The standard InChI is InChI=1S/C20H32FN5O2/c1-4-22-20(23-12-16-5-6-18(21)17(11-16)14-27)26-9-7-25(8-10-26)13-19(28)24-15(2)3/h5-6,11,15,27H,4,7-10,12-14H2,1-3H3,(H,22,23)(H,24,28).